The molecule has 86 valence electrons. The van der Waals surface area contributed by atoms with Gasteiger partial charge in [0.25, 0.3) is 0 Å². The maximum atomic E-state index is 10.8. The zero-order valence-corrected chi connectivity index (χ0v) is 9.18. The second kappa shape index (κ2) is 4.27. The lowest BCUT2D eigenvalue weighted by atomic mass is 9.90. The van der Waals surface area contributed by atoms with Crippen LogP contribution in [0.1, 0.15) is 12.8 Å². The van der Waals surface area contributed by atoms with E-state index in [2.05, 4.69) is 0 Å². The summed E-state index contributed by atoms with van der Waals surface area (Å²) in [7, 11) is 0. The van der Waals surface area contributed by atoms with Gasteiger partial charge in [-0.2, -0.15) is 0 Å². The number of halogens is 1. The quantitative estimate of drug-likeness (QED) is 0.650. The molecule has 1 aromatic rings. The molecule has 0 aliphatic heterocycles. The molecule has 0 heterocycles. The molecule has 5 nitrogen and oxygen atoms in total. The zero-order valence-electron chi connectivity index (χ0n) is 8.43. The molecule has 0 radical (unpaired) electrons. The molecule has 6 heteroatoms. The molecule has 1 fully saturated rings. The molecule has 0 aromatic heterocycles. The molecular formula is C10H11ClN2O3. The molecule has 0 spiro atoms. The van der Waals surface area contributed by atoms with E-state index in [1.807, 2.05) is 0 Å². The molecule has 16 heavy (non-hydrogen) atoms. The minimum absolute atomic E-state index is 0.0186. The van der Waals surface area contributed by atoms with Gasteiger partial charge in [0.05, 0.1) is 4.92 Å². The van der Waals surface area contributed by atoms with Gasteiger partial charge in [0.15, 0.2) is 5.75 Å². The van der Waals surface area contributed by atoms with Gasteiger partial charge < -0.3 is 10.5 Å². The van der Waals surface area contributed by atoms with Gasteiger partial charge in [-0.25, -0.2) is 0 Å². The Kier molecular flexibility index (Phi) is 2.98. The third kappa shape index (κ3) is 2.25. The second-order valence-corrected chi connectivity index (χ2v) is 4.28. The molecule has 2 rings (SSSR count). The number of hydrogen-bond donors (Lipinski definition) is 1. The standard InChI is InChI=1S/C10H11ClN2O3/c11-6-1-2-10(9(3-6)13(14)15)16-8-4-7(12)5-8/h1-3,7-8H,4-5,12H2. The smallest absolute Gasteiger partial charge is 0.312 e. The number of nitrogens with two attached hydrogens (primary N) is 1. The van der Waals surface area contributed by atoms with Crippen LogP contribution in [0.2, 0.25) is 5.02 Å². The Morgan fingerprint density at radius 3 is 2.75 bits per heavy atom. The minimum atomic E-state index is -0.500. The third-order valence-electron chi connectivity index (χ3n) is 2.54. The van der Waals surface area contributed by atoms with Gasteiger partial charge in [0.1, 0.15) is 6.10 Å². The Labute approximate surface area is 97.3 Å². The number of nitro benzene ring substituents is 1. The first-order chi connectivity index (χ1) is 7.56. The summed E-state index contributed by atoms with van der Waals surface area (Å²) in [6.07, 6.45) is 1.45. The molecule has 0 saturated heterocycles. The lowest BCUT2D eigenvalue weighted by Crippen LogP contribution is -2.43. The highest BCUT2D eigenvalue weighted by molar-refractivity contribution is 6.30. The Balaban J connectivity index is 2.16. The molecule has 0 unspecified atom stereocenters. The number of rotatable bonds is 3. The minimum Gasteiger partial charge on any atom is -0.483 e. The Morgan fingerprint density at radius 1 is 1.50 bits per heavy atom. The van der Waals surface area contributed by atoms with E-state index in [0.717, 1.165) is 12.8 Å². The van der Waals surface area contributed by atoms with Crippen molar-refractivity contribution >= 4 is 17.3 Å². The molecule has 2 N–H and O–H groups in total. The summed E-state index contributed by atoms with van der Waals surface area (Å²) in [5.74, 6) is 0.256. The van der Waals surface area contributed by atoms with Crippen LogP contribution >= 0.6 is 11.6 Å². The van der Waals surface area contributed by atoms with Gasteiger partial charge in [-0.3, -0.25) is 10.1 Å². The zero-order chi connectivity index (χ0) is 11.7. The highest BCUT2D eigenvalue weighted by atomic mass is 35.5. The van der Waals surface area contributed by atoms with E-state index < -0.39 is 4.92 Å². The highest BCUT2D eigenvalue weighted by Gasteiger charge is 2.29. The summed E-state index contributed by atoms with van der Waals surface area (Å²) in [6.45, 7) is 0. The summed E-state index contributed by atoms with van der Waals surface area (Å²) >= 11 is 5.69. The Bertz CT molecular complexity index is 419. The van der Waals surface area contributed by atoms with Crippen LogP contribution in [0.3, 0.4) is 0 Å². The summed E-state index contributed by atoms with van der Waals surface area (Å²) in [5.41, 5.74) is 5.51. The van der Waals surface area contributed by atoms with Crippen molar-refractivity contribution in [1.82, 2.24) is 0 Å². The van der Waals surface area contributed by atoms with E-state index in [9.17, 15) is 10.1 Å². The fourth-order valence-corrected chi connectivity index (χ4v) is 1.78. The largest absolute Gasteiger partial charge is 0.483 e. The van der Waals surface area contributed by atoms with E-state index in [1.165, 1.54) is 12.1 Å². The second-order valence-electron chi connectivity index (χ2n) is 3.84. The van der Waals surface area contributed by atoms with Crippen LogP contribution in [0.4, 0.5) is 5.69 Å². The predicted molar refractivity (Wildman–Crippen MR) is 59.7 cm³/mol. The van der Waals surface area contributed by atoms with Crippen LogP contribution in [-0.2, 0) is 0 Å². The first-order valence-electron chi connectivity index (χ1n) is 4.92. The van der Waals surface area contributed by atoms with Gasteiger partial charge in [-0.05, 0) is 25.0 Å². The van der Waals surface area contributed by atoms with Crippen molar-refractivity contribution in [3.63, 3.8) is 0 Å². The first kappa shape index (κ1) is 11.2. The summed E-state index contributed by atoms with van der Waals surface area (Å²) in [4.78, 5) is 10.3. The average molecular weight is 243 g/mol. The van der Waals surface area contributed by atoms with Crippen LogP contribution in [0.15, 0.2) is 18.2 Å². The molecule has 0 amide bonds. The number of nitrogens with zero attached hydrogens (tertiary/aromatic N) is 1. The normalized spacial score (nSPS) is 23.6. The number of ether oxygens (including phenoxy) is 1. The van der Waals surface area contributed by atoms with E-state index >= 15 is 0 Å². The lowest BCUT2D eigenvalue weighted by molar-refractivity contribution is -0.386. The van der Waals surface area contributed by atoms with Gasteiger partial charge in [-0.1, -0.05) is 11.6 Å². The summed E-state index contributed by atoms with van der Waals surface area (Å²) in [6, 6.07) is 4.53. The number of hydrogen-bond acceptors (Lipinski definition) is 4. The van der Waals surface area contributed by atoms with Crippen LogP contribution in [0, 0.1) is 10.1 Å². The Morgan fingerprint density at radius 2 is 2.19 bits per heavy atom. The van der Waals surface area contributed by atoms with Crippen LogP contribution in [0.25, 0.3) is 0 Å². The fraction of sp³-hybridized carbons (Fsp3) is 0.400. The van der Waals surface area contributed by atoms with Crippen LogP contribution < -0.4 is 10.5 Å². The van der Waals surface area contributed by atoms with Gasteiger partial charge in [0.2, 0.25) is 0 Å². The van der Waals surface area contributed by atoms with Crippen LogP contribution in [0.5, 0.6) is 5.75 Å². The van der Waals surface area contributed by atoms with Crippen molar-refractivity contribution < 1.29 is 9.66 Å². The van der Waals surface area contributed by atoms with E-state index in [4.69, 9.17) is 22.1 Å². The van der Waals surface area contributed by atoms with Crippen molar-refractivity contribution in [2.75, 3.05) is 0 Å². The van der Waals surface area contributed by atoms with E-state index in [1.54, 1.807) is 6.07 Å². The SMILES string of the molecule is NC1CC(Oc2ccc(Cl)cc2[N+](=O)[O-])C1. The van der Waals surface area contributed by atoms with Gasteiger partial charge in [-0.15, -0.1) is 0 Å². The summed E-state index contributed by atoms with van der Waals surface area (Å²) < 4.78 is 5.49. The van der Waals surface area contributed by atoms with Crippen molar-refractivity contribution in [3.05, 3.63) is 33.3 Å². The van der Waals surface area contributed by atoms with Crippen molar-refractivity contribution in [1.29, 1.82) is 0 Å². The van der Waals surface area contributed by atoms with E-state index in [-0.39, 0.29) is 23.6 Å². The number of benzene rings is 1. The molecule has 1 saturated carbocycles. The van der Waals surface area contributed by atoms with Crippen molar-refractivity contribution in [3.8, 4) is 5.75 Å². The van der Waals surface area contributed by atoms with E-state index in [0.29, 0.717) is 5.02 Å². The molecule has 0 bridgehead atoms. The fourth-order valence-electron chi connectivity index (χ4n) is 1.61. The predicted octanol–water partition coefficient (Wildman–Crippen LogP) is 2.12. The Hall–Kier alpha value is -1.33. The first-order valence-corrected chi connectivity index (χ1v) is 5.30. The lowest BCUT2D eigenvalue weighted by Gasteiger charge is -2.32. The molecule has 1 aliphatic carbocycles. The topological polar surface area (TPSA) is 78.4 Å². The monoisotopic (exact) mass is 242 g/mol. The maximum Gasteiger partial charge on any atom is 0.312 e. The maximum absolute atomic E-state index is 10.8. The van der Waals surface area contributed by atoms with Gasteiger partial charge >= 0.3 is 5.69 Å². The number of nitro groups is 1. The average Bonchev–Trinajstić information content (AvgIpc) is 2.17. The molecule has 0 atom stereocenters. The summed E-state index contributed by atoms with van der Waals surface area (Å²) in [5, 5.41) is 11.1. The van der Waals surface area contributed by atoms with Crippen molar-refractivity contribution in [2.45, 2.75) is 25.0 Å². The van der Waals surface area contributed by atoms with Crippen molar-refractivity contribution in [2.24, 2.45) is 5.73 Å². The van der Waals surface area contributed by atoms with Crippen LogP contribution in [-0.4, -0.2) is 17.1 Å². The molecule has 1 aromatic carbocycles. The highest BCUT2D eigenvalue weighted by Crippen LogP contribution is 2.33. The molecular weight excluding hydrogens is 232 g/mol. The third-order valence-corrected chi connectivity index (χ3v) is 2.78. The van der Waals surface area contributed by atoms with Gasteiger partial charge in [0, 0.05) is 17.1 Å². The molecule has 1 aliphatic rings.